The Labute approximate surface area is 442 Å². The number of rotatable bonds is 27. The first kappa shape index (κ1) is 58.6. The molecule has 2 fully saturated rings. The van der Waals surface area contributed by atoms with Gasteiger partial charge in [0.25, 0.3) is 0 Å². The minimum absolute atomic E-state index is 0.0331. The molecule has 0 unspecified atom stereocenters. The topological polar surface area (TPSA) is 170 Å². The van der Waals surface area contributed by atoms with Gasteiger partial charge in [0.1, 0.15) is 36.3 Å². The number of carbonyl (C=O) groups is 4. The van der Waals surface area contributed by atoms with Crippen molar-refractivity contribution in [3.8, 4) is 0 Å². The summed E-state index contributed by atoms with van der Waals surface area (Å²) in [7, 11) is 0. The molecule has 75 heavy (non-hydrogen) atoms. The van der Waals surface area contributed by atoms with Gasteiger partial charge in [-0.2, -0.15) is 0 Å². The van der Waals surface area contributed by atoms with Crippen LogP contribution in [-0.2, 0) is 97.7 Å². The normalized spacial score (nSPS) is 23.9. The third-order valence-electron chi connectivity index (χ3n) is 12.3. The molecule has 2 aliphatic rings. The highest BCUT2D eigenvalue weighted by Crippen LogP contribution is 2.38. The van der Waals surface area contributed by atoms with Gasteiger partial charge in [-0.3, -0.25) is 14.4 Å². The number of allylic oxidation sites excluding steroid dienone is 1. The maximum atomic E-state index is 14.3. The van der Waals surface area contributed by atoms with Crippen LogP contribution in [0.25, 0.3) is 0 Å². The van der Waals surface area contributed by atoms with Crippen LogP contribution in [0.3, 0.4) is 0 Å². The molecule has 0 saturated carbocycles. The molecule has 2 heterocycles. The van der Waals surface area contributed by atoms with Crippen molar-refractivity contribution in [3.63, 3.8) is 0 Å². The molecule has 0 aliphatic carbocycles. The van der Waals surface area contributed by atoms with Crippen LogP contribution in [0.4, 0.5) is 0 Å². The molecule has 2 saturated heterocycles. The van der Waals surface area contributed by atoms with Gasteiger partial charge < -0.3 is 56.9 Å². The van der Waals surface area contributed by atoms with E-state index < -0.39 is 90.1 Å². The predicted molar refractivity (Wildman–Crippen MR) is 278 cm³/mol. The van der Waals surface area contributed by atoms with E-state index in [1.54, 1.807) is 47.6 Å². The van der Waals surface area contributed by atoms with Crippen molar-refractivity contribution < 1.29 is 71.3 Å². The second-order valence-electron chi connectivity index (χ2n) is 20.9. The molecule has 6 rings (SSSR count). The Bertz CT molecular complexity index is 2350. The molecular formula is C60H76O15. The van der Waals surface area contributed by atoms with Gasteiger partial charge in [-0.1, -0.05) is 127 Å². The molecule has 0 amide bonds. The van der Waals surface area contributed by atoms with Crippen molar-refractivity contribution in [1.29, 1.82) is 0 Å². The Hall–Kier alpha value is -5.62. The number of carbonyl (C=O) groups excluding carboxylic acids is 4. The van der Waals surface area contributed by atoms with E-state index in [0.717, 1.165) is 22.3 Å². The van der Waals surface area contributed by atoms with Crippen LogP contribution < -0.4 is 0 Å². The standard InChI is InChI=1S/C60H76O15/c1-9-10-23-34-67-55-53(74-57(63)59(3,4)5)51(69-38-45-30-21-14-22-31-45)50(47(70-55)40-66-36-43-26-17-12-18-27-43)73-56-54(75-58(64)60(6,7)8)52(72-48(62)33-32-41(2)61)49(68-37-44-28-19-13-20-29-44)46(71-56)39-65-35-42-24-15-11-16-25-42/h9,11-22,24-31,46-47,49-56H,1,10,23,32-40H2,2-8H3/t46-,47-,49+,50-,51+,52+,53-,54-,55-,56+/m1/s1. The number of esters is 3. The van der Waals surface area contributed by atoms with Crippen LogP contribution in [0.1, 0.15) is 96.4 Å². The minimum Gasteiger partial charge on any atom is -0.455 e. The zero-order chi connectivity index (χ0) is 53.8. The fourth-order valence-corrected chi connectivity index (χ4v) is 8.15. The first-order valence-corrected chi connectivity index (χ1v) is 25.8. The van der Waals surface area contributed by atoms with Gasteiger partial charge in [0.05, 0.1) is 63.5 Å². The van der Waals surface area contributed by atoms with Gasteiger partial charge in [0.2, 0.25) is 0 Å². The average molecular weight is 1040 g/mol. The van der Waals surface area contributed by atoms with Crippen LogP contribution in [0.5, 0.6) is 0 Å². The summed E-state index contributed by atoms with van der Waals surface area (Å²) in [5.41, 5.74) is 1.36. The molecule has 406 valence electrons. The lowest BCUT2D eigenvalue weighted by Crippen LogP contribution is -2.67. The monoisotopic (exact) mass is 1040 g/mol. The Morgan fingerprint density at radius 2 is 0.933 bits per heavy atom. The Morgan fingerprint density at radius 1 is 0.507 bits per heavy atom. The average Bonchev–Trinajstić information content (AvgIpc) is 3.39. The zero-order valence-electron chi connectivity index (χ0n) is 44.5. The lowest BCUT2D eigenvalue weighted by molar-refractivity contribution is -0.369. The van der Waals surface area contributed by atoms with Gasteiger partial charge in [0, 0.05) is 6.42 Å². The third-order valence-corrected chi connectivity index (χ3v) is 12.3. The summed E-state index contributed by atoms with van der Waals surface area (Å²) in [5, 5.41) is 0. The molecule has 0 spiro atoms. The number of hydrogen-bond donors (Lipinski definition) is 0. The molecule has 4 aromatic carbocycles. The van der Waals surface area contributed by atoms with E-state index in [-0.39, 0.29) is 64.9 Å². The van der Waals surface area contributed by atoms with Crippen molar-refractivity contribution in [1.82, 2.24) is 0 Å². The van der Waals surface area contributed by atoms with E-state index >= 15 is 0 Å². The summed E-state index contributed by atoms with van der Waals surface area (Å²) in [5.74, 6) is -2.18. The first-order valence-electron chi connectivity index (χ1n) is 25.8. The van der Waals surface area contributed by atoms with Gasteiger partial charge in [-0.25, -0.2) is 0 Å². The molecule has 0 N–H and O–H groups in total. The van der Waals surface area contributed by atoms with Gasteiger partial charge in [0.15, 0.2) is 30.9 Å². The molecule has 10 atom stereocenters. The van der Waals surface area contributed by atoms with E-state index in [2.05, 4.69) is 6.58 Å². The quantitative estimate of drug-likeness (QED) is 0.0239. The molecule has 15 nitrogen and oxygen atoms in total. The highest BCUT2D eigenvalue weighted by molar-refractivity contribution is 5.81. The molecule has 0 radical (unpaired) electrons. The lowest BCUT2D eigenvalue weighted by Gasteiger charge is -2.50. The fraction of sp³-hybridized carbons (Fsp3) is 0.500. The van der Waals surface area contributed by atoms with Gasteiger partial charge >= 0.3 is 17.9 Å². The number of hydrogen-bond acceptors (Lipinski definition) is 15. The number of ketones is 1. The van der Waals surface area contributed by atoms with E-state index in [1.165, 1.54) is 6.92 Å². The van der Waals surface area contributed by atoms with Crippen LogP contribution in [0.15, 0.2) is 134 Å². The lowest BCUT2D eigenvalue weighted by atomic mass is 9.94. The smallest absolute Gasteiger partial charge is 0.311 e. The molecule has 2 aliphatic heterocycles. The van der Waals surface area contributed by atoms with Gasteiger partial charge in [-0.15, -0.1) is 6.58 Å². The Kier molecular flexibility index (Phi) is 22.7. The number of unbranched alkanes of at least 4 members (excludes halogenated alkanes) is 1. The predicted octanol–water partition coefficient (Wildman–Crippen LogP) is 9.61. The summed E-state index contributed by atoms with van der Waals surface area (Å²) in [4.78, 5) is 54.6. The first-order chi connectivity index (χ1) is 36.0. The Balaban J connectivity index is 1.49. The molecule has 15 heteroatoms. The van der Waals surface area contributed by atoms with E-state index in [9.17, 15) is 19.2 Å². The molecule has 4 aromatic rings. The van der Waals surface area contributed by atoms with E-state index in [4.69, 9.17) is 52.1 Å². The number of ether oxygens (including phenoxy) is 11. The number of Topliss-reactive ketones (excluding diaryl/α,β-unsaturated/α-hetero) is 1. The van der Waals surface area contributed by atoms with Crippen molar-refractivity contribution in [3.05, 3.63) is 156 Å². The highest BCUT2D eigenvalue weighted by Gasteiger charge is 2.57. The second-order valence-corrected chi connectivity index (χ2v) is 20.9. The molecular weight excluding hydrogens is 961 g/mol. The summed E-state index contributed by atoms with van der Waals surface area (Å²) in [6.07, 6.45) is -9.85. The molecule has 0 bridgehead atoms. The minimum atomic E-state index is -1.57. The van der Waals surface area contributed by atoms with Gasteiger partial charge in [-0.05, 0) is 83.6 Å². The van der Waals surface area contributed by atoms with Crippen LogP contribution in [0, 0.1) is 10.8 Å². The van der Waals surface area contributed by atoms with E-state index in [0.29, 0.717) is 12.8 Å². The highest BCUT2D eigenvalue weighted by atomic mass is 16.8. The Morgan fingerprint density at radius 3 is 1.39 bits per heavy atom. The molecule has 0 aromatic heterocycles. The van der Waals surface area contributed by atoms with Crippen LogP contribution in [0.2, 0.25) is 0 Å². The number of benzene rings is 4. The second kappa shape index (κ2) is 29.0. The van der Waals surface area contributed by atoms with Crippen molar-refractivity contribution in [2.75, 3.05) is 19.8 Å². The fourth-order valence-electron chi connectivity index (χ4n) is 8.15. The zero-order valence-corrected chi connectivity index (χ0v) is 44.5. The summed E-state index contributed by atoms with van der Waals surface area (Å²) >= 11 is 0. The van der Waals surface area contributed by atoms with Crippen molar-refractivity contribution in [2.24, 2.45) is 10.8 Å². The van der Waals surface area contributed by atoms with E-state index in [1.807, 2.05) is 121 Å². The maximum absolute atomic E-state index is 14.3. The van der Waals surface area contributed by atoms with Crippen LogP contribution in [-0.4, -0.2) is 105 Å². The maximum Gasteiger partial charge on any atom is 0.311 e. The SMILES string of the molecule is C=CCCCO[C@@H]1O[C@H](COCc2ccccc2)[C@@H](O[C@@H]2O[C@H](COCc3ccccc3)[C@H](OCc3ccccc3)[C@H](OC(=O)CCC(C)=O)[C@H]2OC(=O)C(C)(C)C)[C@H](OCc2ccccc2)[C@H]1OC(=O)C(C)(C)C. The van der Waals surface area contributed by atoms with Crippen LogP contribution >= 0.6 is 0 Å². The largest absolute Gasteiger partial charge is 0.455 e. The summed E-state index contributed by atoms with van der Waals surface area (Å²) < 4.78 is 73.1. The third kappa shape index (κ3) is 18.6. The summed E-state index contributed by atoms with van der Waals surface area (Å²) in [6, 6.07) is 38.1. The van der Waals surface area contributed by atoms with Crippen molar-refractivity contribution in [2.45, 2.75) is 162 Å². The summed E-state index contributed by atoms with van der Waals surface area (Å²) in [6.45, 7) is 16.0. The van der Waals surface area contributed by atoms with Crippen molar-refractivity contribution >= 4 is 23.7 Å².